The second-order valence-corrected chi connectivity index (χ2v) is 4.74. The van der Waals surface area contributed by atoms with Crippen LogP contribution in [0.5, 0.6) is 0 Å². The molecule has 0 unspecified atom stereocenters. The molecule has 5 heteroatoms. The molecule has 2 N–H and O–H groups in total. The molecule has 14 heavy (non-hydrogen) atoms. The van der Waals surface area contributed by atoms with Crippen LogP contribution in [0.2, 0.25) is 0 Å². The predicted molar refractivity (Wildman–Crippen MR) is 58.4 cm³/mol. The molecule has 3 nitrogen and oxygen atoms in total. The van der Waals surface area contributed by atoms with Crippen molar-refractivity contribution in [2.75, 3.05) is 0 Å². The Morgan fingerprint density at radius 1 is 1.36 bits per heavy atom. The SMILES string of the molecule is NCc1ncccc1Sc1nccs1. The molecule has 0 spiro atoms. The Kier molecular flexibility index (Phi) is 3.13. The molecule has 0 aromatic carbocycles. The topological polar surface area (TPSA) is 51.8 Å². The summed E-state index contributed by atoms with van der Waals surface area (Å²) in [5.41, 5.74) is 6.51. The maximum atomic E-state index is 5.59. The highest BCUT2D eigenvalue weighted by Crippen LogP contribution is 2.30. The minimum Gasteiger partial charge on any atom is -0.325 e. The molecule has 0 radical (unpaired) electrons. The molecule has 0 atom stereocenters. The molecule has 0 saturated heterocycles. The van der Waals surface area contributed by atoms with Gasteiger partial charge in [0, 0.05) is 29.2 Å². The van der Waals surface area contributed by atoms with Crippen LogP contribution in [-0.2, 0) is 6.54 Å². The van der Waals surface area contributed by atoms with E-state index >= 15 is 0 Å². The van der Waals surface area contributed by atoms with Gasteiger partial charge >= 0.3 is 0 Å². The summed E-state index contributed by atoms with van der Waals surface area (Å²) >= 11 is 3.23. The lowest BCUT2D eigenvalue weighted by molar-refractivity contribution is 0.943. The van der Waals surface area contributed by atoms with Crippen LogP contribution in [-0.4, -0.2) is 9.97 Å². The van der Waals surface area contributed by atoms with Gasteiger partial charge in [-0.05, 0) is 12.1 Å². The fourth-order valence-corrected chi connectivity index (χ4v) is 2.71. The van der Waals surface area contributed by atoms with E-state index < -0.39 is 0 Å². The van der Waals surface area contributed by atoms with Crippen molar-refractivity contribution in [3.05, 3.63) is 35.6 Å². The van der Waals surface area contributed by atoms with E-state index in [1.165, 1.54) is 0 Å². The van der Waals surface area contributed by atoms with Gasteiger partial charge in [-0.25, -0.2) is 4.98 Å². The van der Waals surface area contributed by atoms with Gasteiger partial charge in [0.25, 0.3) is 0 Å². The molecule has 72 valence electrons. The van der Waals surface area contributed by atoms with Gasteiger partial charge in [-0.3, -0.25) is 4.98 Å². The number of pyridine rings is 1. The Labute approximate surface area is 90.4 Å². The normalized spacial score (nSPS) is 10.4. The van der Waals surface area contributed by atoms with Crippen molar-refractivity contribution in [3.8, 4) is 0 Å². The van der Waals surface area contributed by atoms with Crippen LogP contribution in [0.25, 0.3) is 0 Å². The van der Waals surface area contributed by atoms with Crippen molar-refractivity contribution >= 4 is 23.1 Å². The summed E-state index contributed by atoms with van der Waals surface area (Å²) in [6.45, 7) is 0.467. The van der Waals surface area contributed by atoms with E-state index in [0.717, 1.165) is 14.9 Å². The highest BCUT2D eigenvalue weighted by atomic mass is 32.2. The molecule has 2 aromatic rings. The third-order valence-electron chi connectivity index (χ3n) is 1.65. The van der Waals surface area contributed by atoms with Gasteiger partial charge in [0.05, 0.1) is 5.69 Å². The van der Waals surface area contributed by atoms with Gasteiger partial charge in [-0.1, -0.05) is 11.8 Å². The van der Waals surface area contributed by atoms with Gasteiger partial charge in [0.1, 0.15) is 0 Å². The molecule has 2 rings (SSSR count). The summed E-state index contributed by atoms with van der Waals surface area (Å²) in [5.74, 6) is 0. The number of aromatic nitrogens is 2. The fourth-order valence-electron chi connectivity index (χ4n) is 1.02. The molecule has 0 fully saturated rings. The Bertz CT molecular complexity index is 400. The molecule has 0 bridgehead atoms. The van der Waals surface area contributed by atoms with Crippen molar-refractivity contribution in [1.82, 2.24) is 9.97 Å². The second-order valence-electron chi connectivity index (χ2n) is 2.55. The Hall–Kier alpha value is -0.910. The van der Waals surface area contributed by atoms with Crippen molar-refractivity contribution in [2.45, 2.75) is 15.8 Å². The van der Waals surface area contributed by atoms with E-state index in [0.29, 0.717) is 6.54 Å². The quantitative estimate of drug-likeness (QED) is 0.866. The number of rotatable bonds is 3. The minimum absolute atomic E-state index is 0.467. The summed E-state index contributed by atoms with van der Waals surface area (Å²) in [7, 11) is 0. The standard InChI is InChI=1S/C9H9N3S2/c10-6-7-8(2-1-3-11-7)14-9-12-4-5-13-9/h1-5H,6,10H2. The zero-order valence-electron chi connectivity index (χ0n) is 7.38. The molecule has 0 aliphatic heterocycles. The first-order valence-corrected chi connectivity index (χ1v) is 5.81. The number of nitrogens with zero attached hydrogens (tertiary/aromatic N) is 2. The molecule has 2 heterocycles. The predicted octanol–water partition coefficient (Wildman–Crippen LogP) is 2.15. The first kappa shape index (κ1) is 9.64. The number of hydrogen-bond donors (Lipinski definition) is 1. The van der Waals surface area contributed by atoms with E-state index in [1.54, 1.807) is 35.5 Å². The highest BCUT2D eigenvalue weighted by Gasteiger charge is 2.04. The van der Waals surface area contributed by atoms with E-state index in [1.807, 2.05) is 17.5 Å². The monoisotopic (exact) mass is 223 g/mol. The number of hydrogen-bond acceptors (Lipinski definition) is 5. The molecule has 2 aromatic heterocycles. The first-order chi connectivity index (χ1) is 6.90. The summed E-state index contributed by atoms with van der Waals surface area (Å²) in [6, 6.07) is 3.93. The van der Waals surface area contributed by atoms with Gasteiger partial charge in [-0.2, -0.15) is 0 Å². The molecule has 0 aliphatic carbocycles. The lowest BCUT2D eigenvalue weighted by Gasteiger charge is -2.02. The van der Waals surface area contributed by atoms with E-state index in [-0.39, 0.29) is 0 Å². The molecular weight excluding hydrogens is 214 g/mol. The summed E-state index contributed by atoms with van der Waals surface area (Å²) in [5, 5.41) is 1.96. The van der Waals surface area contributed by atoms with E-state index in [4.69, 9.17) is 5.73 Å². The maximum Gasteiger partial charge on any atom is 0.154 e. The van der Waals surface area contributed by atoms with Gasteiger partial charge in [0.15, 0.2) is 4.34 Å². The Balaban J connectivity index is 2.24. The van der Waals surface area contributed by atoms with Crippen LogP contribution in [0.4, 0.5) is 0 Å². The maximum absolute atomic E-state index is 5.59. The lowest BCUT2D eigenvalue weighted by atomic mass is 10.3. The largest absolute Gasteiger partial charge is 0.325 e. The lowest BCUT2D eigenvalue weighted by Crippen LogP contribution is -2.00. The van der Waals surface area contributed by atoms with Crippen LogP contribution in [0.3, 0.4) is 0 Å². The Morgan fingerprint density at radius 2 is 2.29 bits per heavy atom. The zero-order chi connectivity index (χ0) is 9.80. The fraction of sp³-hybridized carbons (Fsp3) is 0.111. The third-order valence-corrected chi connectivity index (χ3v) is 3.62. The smallest absolute Gasteiger partial charge is 0.154 e. The van der Waals surface area contributed by atoms with Crippen molar-refractivity contribution in [1.29, 1.82) is 0 Å². The van der Waals surface area contributed by atoms with Crippen LogP contribution < -0.4 is 5.73 Å². The number of nitrogens with two attached hydrogens (primary N) is 1. The molecule has 0 amide bonds. The Morgan fingerprint density at radius 3 is 3.00 bits per heavy atom. The van der Waals surface area contributed by atoms with E-state index in [2.05, 4.69) is 9.97 Å². The van der Waals surface area contributed by atoms with Gasteiger partial charge in [0.2, 0.25) is 0 Å². The van der Waals surface area contributed by atoms with Crippen molar-refractivity contribution in [2.24, 2.45) is 5.73 Å². The highest BCUT2D eigenvalue weighted by molar-refractivity contribution is 8.01. The minimum atomic E-state index is 0.467. The van der Waals surface area contributed by atoms with Crippen LogP contribution in [0.1, 0.15) is 5.69 Å². The molecular formula is C9H9N3S2. The van der Waals surface area contributed by atoms with Crippen LogP contribution in [0.15, 0.2) is 39.1 Å². The second kappa shape index (κ2) is 4.54. The van der Waals surface area contributed by atoms with Gasteiger partial charge < -0.3 is 5.73 Å². The zero-order valence-corrected chi connectivity index (χ0v) is 9.02. The average Bonchev–Trinajstić information content (AvgIpc) is 2.71. The van der Waals surface area contributed by atoms with Gasteiger partial charge in [-0.15, -0.1) is 11.3 Å². The first-order valence-electron chi connectivity index (χ1n) is 4.11. The summed E-state index contributed by atoms with van der Waals surface area (Å²) in [4.78, 5) is 9.50. The van der Waals surface area contributed by atoms with Crippen molar-refractivity contribution < 1.29 is 0 Å². The average molecular weight is 223 g/mol. The van der Waals surface area contributed by atoms with Crippen LogP contribution in [0, 0.1) is 0 Å². The summed E-state index contributed by atoms with van der Waals surface area (Å²) < 4.78 is 1.02. The number of thiazole rings is 1. The van der Waals surface area contributed by atoms with E-state index in [9.17, 15) is 0 Å². The third kappa shape index (κ3) is 2.12. The van der Waals surface area contributed by atoms with Crippen LogP contribution >= 0.6 is 23.1 Å². The van der Waals surface area contributed by atoms with Crippen molar-refractivity contribution in [3.63, 3.8) is 0 Å². The summed E-state index contributed by atoms with van der Waals surface area (Å²) in [6.07, 6.45) is 3.56. The molecule has 0 aliphatic rings. The molecule has 0 saturated carbocycles.